The SMILES string of the molecule is CC(C)CNCc1oc2ccccc2c1COCC(C)C. The smallest absolute Gasteiger partial charge is 0.134 e. The lowest BCUT2D eigenvalue weighted by Gasteiger charge is -2.09. The molecule has 1 N–H and O–H groups in total. The minimum absolute atomic E-state index is 0.547. The zero-order valence-corrected chi connectivity index (χ0v) is 13.6. The first-order valence-corrected chi connectivity index (χ1v) is 7.85. The van der Waals surface area contributed by atoms with Crippen LogP contribution < -0.4 is 5.32 Å². The van der Waals surface area contributed by atoms with E-state index < -0.39 is 0 Å². The standard InChI is InChI=1S/C18H27NO2/c1-13(2)9-19-10-18-16(12-20-11-14(3)4)15-7-5-6-8-17(15)21-18/h5-8,13-14,19H,9-12H2,1-4H3. The molecule has 0 aliphatic carbocycles. The first-order valence-electron chi connectivity index (χ1n) is 7.85. The summed E-state index contributed by atoms with van der Waals surface area (Å²) in [5, 5.41) is 4.62. The molecule has 0 spiro atoms. The van der Waals surface area contributed by atoms with Gasteiger partial charge >= 0.3 is 0 Å². The lowest BCUT2D eigenvalue weighted by atomic mass is 10.1. The molecular formula is C18H27NO2. The highest BCUT2D eigenvalue weighted by molar-refractivity contribution is 5.82. The zero-order chi connectivity index (χ0) is 15.2. The Morgan fingerprint density at radius 1 is 1.10 bits per heavy atom. The molecule has 1 aromatic heterocycles. The molecule has 0 aliphatic rings. The number of fused-ring (bicyclic) bond motifs is 1. The summed E-state index contributed by atoms with van der Waals surface area (Å²) in [5.41, 5.74) is 2.13. The van der Waals surface area contributed by atoms with Crippen molar-refractivity contribution >= 4 is 11.0 Å². The van der Waals surface area contributed by atoms with Crippen LogP contribution >= 0.6 is 0 Å². The average Bonchev–Trinajstić information content (AvgIpc) is 2.76. The van der Waals surface area contributed by atoms with E-state index in [1.165, 1.54) is 10.9 Å². The lowest BCUT2D eigenvalue weighted by Crippen LogP contribution is -2.19. The number of rotatable bonds is 8. The van der Waals surface area contributed by atoms with E-state index in [2.05, 4.69) is 45.1 Å². The maximum absolute atomic E-state index is 6.00. The summed E-state index contributed by atoms with van der Waals surface area (Å²) in [6.45, 7) is 11.9. The summed E-state index contributed by atoms with van der Waals surface area (Å²) in [6.07, 6.45) is 0. The lowest BCUT2D eigenvalue weighted by molar-refractivity contribution is 0.0965. The number of nitrogens with one attached hydrogen (secondary N) is 1. The van der Waals surface area contributed by atoms with Gasteiger partial charge in [0.2, 0.25) is 0 Å². The third-order valence-electron chi connectivity index (χ3n) is 3.32. The van der Waals surface area contributed by atoms with Gasteiger partial charge in [-0.25, -0.2) is 0 Å². The maximum atomic E-state index is 6.00. The first-order chi connectivity index (χ1) is 10.1. The van der Waals surface area contributed by atoms with Crippen LogP contribution in [0.2, 0.25) is 0 Å². The maximum Gasteiger partial charge on any atom is 0.134 e. The fraction of sp³-hybridized carbons (Fsp3) is 0.556. The second kappa shape index (κ2) is 7.62. The largest absolute Gasteiger partial charge is 0.459 e. The van der Waals surface area contributed by atoms with Crippen molar-refractivity contribution in [3.63, 3.8) is 0 Å². The van der Waals surface area contributed by atoms with Gasteiger partial charge in [-0.2, -0.15) is 0 Å². The molecule has 0 aliphatic heterocycles. The summed E-state index contributed by atoms with van der Waals surface area (Å²) in [5.74, 6) is 2.18. The number of hydrogen-bond acceptors (Lipinski definition) is 3. The minimum Gasteiger partial charge on any atom is -0.459 e. The molecular weight excluding hydrogens is 262 g/mol. The fourth-order valence-electron chi connectivity index (χ4n) is 2.32. The molecule has 0 fully saturated rings. The summed E-state index contributed by atoms with van der Waals surface area (Å²) >= 11 is 0. The van der Waals surface area contributed by atoms with Crippen LogP contribution in [-0.4, -0.2) is 13.2 Å². The monoisotopic (exact) mass is 289 g/mol. The van der Waals surface area contributed by atoms with Crippen LogP contribution in [0.4, 0.5) is 0 Å². The third-order valence-corrected chi connectivity index (χ3v) is 3.32. The molecule has 0 bridgehead atoms. The van der Waals surface area contributed by atoms with E-state index in [0.29, 0.717) is 18.4 Å². The van der Waals surface area contributed by atoms with Gasteiger partial charge in [-0.3, -0.25) is 0 Å². The number of furan rings is 1. The van der Waals surface area contributed by atoms with Crippen molar-refractivity contribution in [1.29, 1.82) is 0 Å². The van der Waals surface area contributed by atoms with E-state index in [4.69, 9.17) is 9.15 Å². The number of hydrogen-bond donors (Lipinski definition) is 1. The van der Waals surface area contributed by atoms with Gasteiger partial charge in [0.05, 0.1) is 13.2 Å². The minimum atomic E-state index is 0.547. The van der Waals surface area contributed by atoms with Gasteiger partial charge in [0.1, 0.15) is 11.3 Å². The third kappa shape index (κ3) is 4.58. The second-order valence-electron chi connectivity index (χ2n) is 6.43. The van der Waals surface area contributed by atoms with Crippen molar-refractivity contribution in [2.45, 2.75) is 40.8 Å². The van der Waals surface area contributed by atoms with Crippen molar-refractivity contribution in [3.8, 4) is 0 Å². The highest BCUT2D eigenvalue weighted by Gasteiger charge is 2.14. The van der Waals surface area contributed by atoms with Crippen molar-refractivity contribution in [3.05, 3.63) is 35.6 Å². The van der Waals surface area contributed by atoms with Gasteiger partial charge in [0, 0.05) is 17.6 Å². The van der Waals surface area contributed by atoms with Crippen LogP contribution in [0, 0.1) is 11.8 Å². The van der Waals surface area contributed by atoms with Gasteiger partial charge in [-0.1, -0.05) is 45.9 Å². The first kappa shape index (κ1) is 16.1. The van der Waals surface area contributed by atoms with E-state index in [0.717, 1.165) is 31.0 Å². The molecule has 2 rings (SSSR count). The summed E-state index contributed by atoms with van der Waals surface area (Å²) < 4.78 is 11.8. The Morgan fingerprint density at radius 3 is 2.57 bits per heavy atom. The van der Waals surface area contributed by atoms with E-state index >= 15 is 0 Å². The Hall–Kier alpha value is -1.32. The molecule has 0 saturated heterocycles. The van der Waals surface area contributed by atoms with Crippen LogP contribution in [0.3, 0.4) is 0 Å². The van der Waals surface area contributed by atoms with E-state index in [9.17, 15) is 0 Å². The molecule has 0 amide bonds. The van der Waals surface area contributed by atoms with Crippen molar-refractivity contribution in [2.24, 2.45) is 11.8 Å². The van der Waals surface area contributed by atoms with Crippen LogP contribution in [0.1, 0.15) is 39.0 Å². The topological polar surface area (TPSA) is 34.4 Å². The van der Waals surface area contributed by atoms with E-state index in [-0.39, 0.29) is 0 Å². The highest BCUT2D eigenvalue weighted by atomic mass is 16.5. The Labute approximate surface area is 127 Å². The summed E-state index contributed by atoms with van der Waals surface area (Å²) in [6, 6.07) is 8.19. The van der Waals surface area contributed by atoms with Gasteiger partial charge in [0.15, 0.2) is 0 Å². The predicted octanol–water partition coefficient (Wildman–Crippen LogP) is 4.35. The van der Waals surface area contributed by atoms with E-state index in [1.807, 2.05) is 12.1 Å². The number of para-hydroxylation sites is 1. The van der Waals surface area contributed by atoms with Gasteiger partial charge in [-0.05, 0) is 24.4 Å². The molecule has 3 heteroatoms. The van der Waals surface area contributed by atoms with Crippen molar-refractivity contribution in [1.82, 2.24) is 5.32 Å². The van der Waals surface area contributed by atoms with Gasteiger partial charge in [-0.15, -0.1) is 0 Å². The molecule has 21 heavy (non-hydrogen) atoms. The molecule has 0 atom stereocenters. The Morgan fingerprint density at radius 2 is 1.86 bits per heavy atom. The molecule has 0 unspecified atom stereocenters. The molecule has 3 nitrogen and oxygen atoms in total. The Kier molecular flexibility index (Phi) is 5.83. The second-order valence-corrected chi connectivity index (χ2v) is 6.43. The number of benzene rings is 1. The summed E-state index contributed by atoms with van der Waals surface area (Å²) in [4.78, 5) is 0. The molecule has 0 saturated carbocycles. The molecule has 0 radical (unpaired) electrons. The van der Waals surface area contributed by atoms with Crippen molar-refractivity contribution in [2.75, 3.05) is 13.2 Å². The summed E-state index contributed by atoms with van der Waals surface area (Å²) in [7, 11) is 0. The van der Waals surface area contributed by atoms with Gasteiger partial charge in [0.25, 0.3) is 0 Å². The van der Waals surface area contributed by atoms with Crippen LogP contribution in [0.15, 0.2) is 28.7 Å². The van der Waals surface area contributed by atoms with E-state index in [1.54, 1.807) is 0 Å². The molecule has 1 heterocycles. The molecule has 2 aromatic rings. The highest BCUT2D eigenvalue weighted by Crippen LogP contribution is 2.26. The van der Waals surface area contributed by atoms with Crippen LogP contribution in [-0.2, 0) is 17.9 Å². The average molecular weight is 289 g/mol. The van der Waals surface area contributed by atoms with Crippen LogP contribution in [0.5, 0.6) is 0 Å². The molecule has 1 aromatic carbocycles. The predicted molar refractivity (Wildman–Crippen MR) is 87.3 cm³/mol. The Balaban J connectivity index is 2.13. The Bertz CT molecular complexity index is 557. The van der Waals surface area contributed by atoms with Crippen LogP contribution in [0.25, 0.3) is 11.0 Å². The van der Waals surface area contributed by atoms with Crippen molar-refractivity contribution < 1.29 is 9.15 Å². The molecule has 116 valence electrons. The van der Waals surface area contributed by atoms with Gasteiger partial charge < -0.3 is 14.5 Å². The number of ether oxygens (including phenoxy) is 1. The quantitative estimate of drug-likeness (QED) is 0.784. The normalized spacial score (nSPS) is 11.9. The fourth-order valence-corrected chi connectivity index (χ4v) is 2.32. The zero-order valence-electron chi connectivity index (χ0n) is 13.6.